The number of carbonyl (C=O) groups excluding carboxylic acids is 2. The van der Waals surface area contributed by atoms with Crippen molar-refractivity contribution in [2.45, 2.75) is 25.7 Å². The average Bonchev–Trinajstić information content (AvgIpc) is 3.20. The first-order chi connectivity index (χ1) is 12.6. The lowest BCUT2D eigenvalue weighted by molar-refractivity contribution is -0.121. The summed E-state index contributed by atoms with van der Waals surface area (Å²) in [5.41, 5.74) is 0. The van der Waals surface area contributed by atoms with E-state index in [9.17, 15) is 9.59 Å². The van der Waals surface area contributed by atoms with Gasteiger partial charge in [-0.2, -0.15) is 0 Å². The van der Waals surface area contributed by atoms with Crippen molar-refractivity contribution in [3.05, 3.63) is 22.4 Å². The maximum atomic E-state index is 11.9. The molecule has 1 aromatic rings. The van der Waals surface area contributed by atoms with Crippen LogP contribution in [0.25, 0.3) is 0 Å². The highest BCUT2D eigenvalue weighted by Crippen LogP contribution is 2.20. The minimum atomic E-state index is -0.0115. The number of hydrogen-bond donors (Lipinski definition) is 3. The van der Waals surface area contributed by atoms with Crippen molar-refractivity contribution in [2.75, 3.05) is 40.3 Å². The van der Waals surface area contributed by atoms with Gasteiger partial charge in [-0.05, 0) is 36.6 Å². The molecule has 1 saturated heterocycles. The molecule has 8 heteroatoms. The molecule has 0 atom stereocenters. The van der Waals surface area contributed by atoms with E-state index in [1.54, 1.807) is 14.1 Å². The predicted molar refractivity (Wildman–Crippen MR) is 106 cm³/mol. The fraction of sp³-hybridized carbons (Fsp3) is 0.611. The third-order valence-electron chi connectivity index (χ3n) is 4.55. The number of amides is 2. The SMILES string of the molecule is CN=C(NCCCNC(=O)c1cccs1)N1CCC(CC(=O)NC)CC1. The summed E-state index contributed by atoms with van der Waals surface area (Å²) in [5.74, 6) is 1.46. The van der Waals surface area contributed by atoms with Crippen LogP contribution in [-0.2, 0) is 4.79 Å². The molecular weight excluding hydrogens is 350 g/mol. The Labute approximate surface area is 159 Å². The van der Waals surface area contributed by atoms with Crippen LogP contribution in [0, 0.1) is 5.92 Å². The number of piperidine rings is 1. The number of nitrogens with zero attached hydrogens (tertiary/aromatic N) is 2. The fourth-order valence-corrected chi connectivity index (χ4v) is 3.67. The molecule has 1 aliphatic rings. The molecule has 0 aliphatic carbocycles. The number of nitrogens with one attached hydrogen (secondary N) is 3. The molecule has 0 radical (unpaired) electrons. The van der Waals surface area contributed by atoms with E-state index < -0.39 is 0 Å². The number of carbonyl (C=O) groups is 2. The van der Waals surface area contributed by atoms with Gasteiger partial charge in [0.05, 0.1) is 4.88 Å². The van der Waals surface area contributed by atoms with E-state index in [1.807, 2.05) is 17.5 Å². The molecule has 1 aliphatic heterocycles. The van der Waals surface area contributed by atoms with Gasteiger partial charge in [-0.15, -0.1) is 11.3 Å². The van der Waals surface area contributed by atoms with Gasteiger partial charge in [-0.3, -0.25) is 14.6 Å². The van der Waals surface area contributed by atoms with Gasteiger partial charge in [-0.25, -0.2) is 0 Å². The minimum absolute atomic E-state index is 0.0115. The maximum absolute atomic E-state index is 11.9. The zero-order valence-corrected chi connectivity index (χ0v) is 16.4. The number of aliphatic imine (C=N–C) groups is 1. The minimum Gasteiger partial charge on any atom is -0.359 e. The molecule has 2 rings (SSSR count). The Balaban J connectivity index is 1.62. The van der Waals surface area contributed by atoms with Gasteiger partial charge in [-0.1, -0.05) is 6.07 Å². The van der Waals surface area contributed by atoms with E-state index >= 15 is 0 Å². The third kappa shape index (κ3) is 6.33. The van der Waals surface area contributed by atoms with Gasteiger partial charge in [0, 0.05) is 46.7 Å². The van der Waals surface area contributed by atoms with Crippen molar-refractivity contribution in [3.63, 3.8) is 0 Å². The number of thiophene rings is 1. The van der Waals surface area contributed by atoms with Crippen LogP contribution in [0.2, 0.25) is 0 Å². The highest BCUT2D eigenvalue weighted by molar-refractivity contribution is 7.12. The van der Waals surface area contributed by atoms with E-state index in [1.165, 1.54) is 11.3 Å². The van der Waals surface area contributed by atoms with Crippen LogP contribution in [0.1, 0.15) is 35.4 Å². The lowest BCUT2D eigenvalue weighted by Crippen LogP contribution is -2.46. The summed E-state index contributed by atoms with van der Waals surface area (Å²) in [5, 5.41) is 10.9. The first kappa shape index (κ1) is 20.2. The van der Waals surface area contributed by atoms with E-state index in [0.29, 0.717) is 18.9 Å². The molecule has 2 amide bonds. The van der Waals surface area contributed by atoms with Gasteiger partial charge in [0.1, 0.15) is 0 Å². The Bertz CT molecular complexity index is 595. The molecule has 26 heavy (non-hydrogen) atoms. The Morgan fingerprint density at radius 2 is 2.00 bits per heavy atom. The zero-order chi connectivity index (χ0) is 18.8. The van der Waals surface area contributed by atoms with Crippen molar-refractivity contribution in [2.24, 2.45) is 10.9 Å². The fourth-order valence-electron chi connectivity index (χ4n) is 3.03. The van der Waals surface area contributed by atoms with E-state index in [4.69, 9.17) is 0 Å². The number of likely N-dealkylation sites (tertiary alicyclic amines) is 1. The Morgan fingerprint density at radius 1 is 1.27 bits per heavy atom. The third-order valence-corrected chi connectivity index (χ3v) is 5.41. The second-order valence-electron chi connectivity index (χ2n) is 6.37. The summed E-state index contributed by atoms with van der Waals surface area (Å²) in [6.07, 6.45) is 3.46. The van der Waals surface area contributed by atoms with Crippen LogP contribution in [0.4, 0.5) is 0 Å². The van der Waals surface area contributed by atoms with Crippen LogP contribution in [-0.4, -0.2) is 62.9 Å². The quantitative estimate of drug-likeness (QED) is 0.379. The molecular formula is C18H29N5O2S. The summed E-state index contributed by atoms with van der Waals surface area (Å²) < 4.78 is 0. The Kier molecular flexibility index (Phi) is 8.40. The van der Waals surface area contributed by atoms with Crippen molar-refractivity contribution in [3.8, 4) is 0 Å². The average molecular weight is 380 g/mol. The van der Waals surface area contributed by atoms with Gasteiger partial charge < -0.3 is 20.9 Å². The van der Waals surface area contributed by atoms with Gasteiger partial charge >= 0.3 is 0 Å². The molecule has 1 aromatic heterocycles. The standard InChI is InChI=1S/C18H29N5O2S/c1-19-16(24)13-14-6-10-23(11-7-14)18(20-2)22-9-4-8-21-17(25)15-5-3-12-26-15/h3,5,12,14H,4,6-11,13H2,1-2H3,(H,19,24)(H,20,22)(H,21,25). The van der Waals surface area contributed by atoms with E-state index in [0.717, 1.165) is 49.7 Å². The monoisotopic (exact) mass is 379 g/mol. The Morgan fingerprint density at radius 3 is 2.62 bits per heavy atom. The van der Waals surface area contributed by atoms with Crippen LogP contribution in [0.5, 0.6) is 0 Å². The summed E-state index contributed by atoms with van der Waals surface area (Å²) in [7, 11) is 3.48. The molecule has 2 heterocycles. The van der Waals surface area contributed by atoms with Crippen molar-refractivity contribution in [1.82, 2.24) is 20.9 Å². The second-order valence-corrected chi connectivity index (χ2v) is 7.32. The molecule has 0 spiro atoms. The second kappa shape index (κ2) is 10.8. The van der Waals surface area contributed by atoms with E-state index in [2.05, 4.69) is 25.8 Å². The van der Waals surface area contributed by atoms with Crippen LogP contribution in [0.3, 0.4) is 0 Å². The summed E-state index contributed by atoms with van der Waals surface area (Å²) in [6, 6.07) is 3.71. The number of rotatable bonds is 7. The normalized spacial score (nSPS) is 15.6. The predicted octanol–water partition coefficient (Wildman–Crippen LogP) is 1.29. The highest BCUT2D eigenvalue weighted by Gasteiger charge is 2.22. The Hall–Kier alpha value is -2.09. The van der Waals surface area contributed by atoms with Gasteiger partial charge in [0.2, 0.25) is 5.91 Å². The number of hydrogen-bond acceptors (Lipinski definition) is 4. The molecule has 1 fully saturated rings. The smallest absolute Gasteiger partial charge is 0.261 e. The lowest BCUT2D eigenvalue weighted by Gasteiger charge is -2.34. The molecule has 144 valence electrons. The molecule has 0 aromatic carbocycles. The van der Waals surface area contributed by atoms with Gasteiger partial charge in [0.15, 0.2) is 5.96 Å². The molecule has 0 unspecified atom stereocenters. The largest absolute Gasteiger partial charge is 0.359 e. The molecule has 7 nitrogen and oxygen atoms in total. The summed E-state index contributed by atoms with van der Waals surface area (Å²) in [4.78, 5) is 30.7. The van der Waals surface area contributed by atoms with E-state index in [-0.39, 0.29) is 11.8 Å². The van der Waals surface area contributed by atoms with Crippen LogP contribution in [0.15, 0.2) is 22.5 Å². The highest BCUT2D eigenvalue weighted by atomic mass is 32.1. The van der Waals surface area contributed by atoms with Crippen molar-refractivity contribution < 1.29 is 9.59 Å². The van der Waals surface area contributed by atoms with Crippen molar-refractivity contribution in [1.29, 1.82) is 0 Å². The lowest BCUT2D eigenvalue weighted by atomic mass is 9.93. The maximum Gasteiger partial charge on any atom is 0.261 e. The molecule has 3 N–H and O–H groups in total. The first-order valence-electron chi connectivity index (χ1n) is 9.12. The number of guanidine groups is 1. The van der Waals surface area contributed by atoms with Crippen LogP contribution >= 0.6 is 11.3 Å². The molecule has 0 saturated carbocycles. The van der Waals surface area contributed by atoms with Gasteiger partial charge in [0.25, 0.3) is 5.91 Å². The van der Waals surface area contributed by atoms with Crippen LogP contribution < -0.4 is 16.0 Å². The molecule has 0 bridgehead atoms. The zero-order valence-electron chi connectivity index (χ0n) is 15.6. The summed E-state index contributed by atoms with van der Waals surface area (Å²) in [6.45, 7) is 3.22. The summed E-state index contributed by atoms with van der Waals surface area (Å²) >= 11 is 1.45. The topological polar surface area (TPSA) is 85.8 Å². The van der Waals surface area contributed by atoms with Crippen molar-refractivity contribution >= 4 is 29.1 Å². The first-order valence-corrected chi connectivity index (χ1v) is 10.00.